The van der Waals surface area contributed by atoms with Gasteiger partial charge in [-0.05, 0) is 48.6 Å². The van der Waals surface area contributed by atoms with Crippen LogP contribution in [-0.2, 0) is 0 Å². The number of thiophene rings is 1. The molecule has 3 heterocycles. The number of benzene rings is 1. The summed E-state index contributed by atoms with van der Waals surface area (Å²) in [5.74, 6) is 0.745. The van der Waals surface area contributed by atoms with Crippen molar-refractivity contribution in [3.05, 3.63) is 59.0 Å². The van der Waals surface area contributed by atoms with Crippen LogP contribution in [0, 0.1) is 5.82 Å². The van der Waals surface area contributed by atoms with Crippen LogP contribution in [0.3, 0.4) is 0 Å². The Morgan fingerprint density at radius 2 is 2.12 bits per heavy atom. The van der Waals surface area contributed by atoms with E-state index in [0.29, 0.717) is 30.4 Å². The second-order valence-electron chi connectivity index (χ2n) is 6.03. The van der Waals surface area contributed by atoms with E-state index in [-0.39, 0.29) is 17.6 Å². The van der Waals surface area contributed by atoms with Crippen molar-refractivity contribution < 1.29 is 13.7 Å². The molecule has 3 aromatic rings. The molecular weight excluding hydrogens is 341 g/mol. The van der Waals surface area contributed by atoms with Crippen molar-refractivity contribution in [3.8, 4) is 10.7 Å². The minimum atomic E-state index is -0.347. The highest BCUT2D eigenvalue weighted by atomic mass is 32.1. The summed E-state index contributed by atoms with van der Waals surface area (Å²) >= 11 is 1.56. The molecule has 0 bridgehead atoms. The molecule has 1 amide bonds. The van der Waals surface area contributed by atoms with Crippen molar-refractivity contribution in [1.29, 1.82) is 0 Å². The molecule has 0 N–H and O–H groups in total. The molecule has 128 valence electrons. The van der Waals surface area contributed by atoms with Gasteiger partial charge in [-0.1, -0.05) is 11.2 Å². The number of rotatable bonds is 3. The molecule has 0 aliphatic carbocycles. The maximum Gasteiger partial charge on any atom is 0.253 e. The van der Waals surface area contributed by atoms with E-state index in [1.54, 1.807) is 16.2 Å². The lowest BCUT2D eigenvalue weighted by atomic mass is 9.97. The van der Waals surface area contributed by atoms with Crippen LogP contribution in [0.25, 0.3) is 10.7 Å². The van der Waals surface area contributed by atoms with Gasteiger partial charge in [0.1, 0.15) is 5.82 Å². The van der Waals surface area contributed by atoms with Gasteiger partial charge >= 0.3 is 0 Å². The van der Waals surface area contributed by atoms with Gasteiger partial charge in [-0.25, -0.2) is 4.39 Å². The smallest absolute Gasteiger partial charge is 0.253 e. The normalized spacial score (nSPS) is 17.6. The topological polar surface area (TPSA) is 59.2 Å². The predicted molar refractivity (Wildman–Crippen MR) is 91.9 cm³/mol. The number of carbonyl (C=O) groups excluding carboxylic acids is 1. The van der Waals surface area contributed by atoms with E-state index in [4.69, 9.17) is 4.52 Å². The van der Waals surface area contributed by atoms with E-state index in [2.05, 4.69) is 10.1 Å². The average Bonchev–Trinajstić information content (AvgIpc) is 3.33. The lowest BCUT2D eigenvalue weighted by Crippen LogP contribution is -2.39. The fraction of sp³-hybridized carbons (Fsp3) is 0.278. The maximum absolute atomic E-state index is 13.0. The third-order valence-corrected chi connectivity index (χ3v) is 5.20. The van der Waals surface area contributed by atoms with Gasteiger partial charge in [0, 0.05) is 18.7 Å². The molecule has 0 radical (unpaired) electrons. The molecule has 1 saturated heterocycles. The fourth-order valence-electron chi connectivity index (χ4n) is 3.05. The van der Waals surface area contributed by atoms with Crippen molar-refractivity contribution in [3.63, 3.8) is 0 Å². The highest BCUT2D eigenvalue weighted by molar-refractivity contribution is 7.13. The molecule has 1 aliphatic rings. The van der Waals surface area contributed by atoms with Gasteiger partial charge in [0.25, 0.3) is 5.91 Å². The Labute approximate surface area is 148 Å². The van der Waals surface area contributed by atoms with Crippen molar-refractivity contribution in [2.45, 2.75) is 18.8 Å². The van der Waals surface area contributed by atoms with Crippen LogP contribution < -0.4 is 0 Å². The number of amides is 1. The number of piperidine rings is 1. The van der Waals surface area contributed by atoms with Gasteiger partial charge in [0.2, 0.25) is 11.7 Å². The molecule has 7 heteroatoms. The molecule has 5 nitrogen and oxygen atoms in total. The van der Waals surface area contributed by atoms with E-state index >= 15 is 0 Å². The van der Waals surface area contributed by atoms with Crippen molar-refractivity contribution >= 4 is 17.2 Å². The van der Waals surface area contributed by atoms with E-state index in [1.165, 1.54) is 24.3 Å². The molecular formula is C18H16FN3O2S. The van der Waals surface area contributed by atoms with Crippen molar-refractivity contribution in [2.24, 2.45) is 0 Å². The molecule has 1 aromatic carbocycles. The Balaban J connectivity index is 1.49. The van der Waals surface area contributed by atoms with Crippen molar-refractivity contribution in [1.82, 2.24) is 15.0 Å². The van der Waals surface area contributed by atoms with Crippen LogP contribution in [0.1, 0.15) is 35.0 Å². The summed E-state index contributed by atoms with van der Waals surface area (Å²) < 4.78 is 18.5. The van der Waals surface area contributed by atoms with Crippen LogP contribution in [0.2, 0.25) is 0 Å². The summed E-state index contributed by atoms with van der Waals surface area (Å²) in [7, 11) is 0. The number of aromatic nitrogens is 2. The molecule has 4 rings (SSSR count). The van der Waals surface area contributed by atoms with E-state index < -0.39 is 0 Å². The zero-order chi connectivity index (χ0) is 17.2. The third kappa shape index (κ3) is 3.32. The number of hydrogen-bond donors (Lipinski definition) is 0. The first-order valence-corrected chi connectivity index (χ1v) is 9.01. The molecule has 1 atom stereocenters. The second kappa shape index (κ2) is 6.76. The largest absolute Gasteiger partial charge is 0.339 e. The van der Waals surface area contributed by atoms with Crippen LogP contribution >= 0.6 is 11.3 Å². The first kappa shape index (κ1) is 16.0. The highest BCUT2D eigenvalue weighted by Gasteiger charge is 2.29. The maximum atomic E-state index is 13.0. The standard InChI is InChI=1S/C18H16FN3O2S/c19-14-7-5-12(6-8-14)18(23)22-9-1-3-13(11-22)17-20-16(21-24-17)15-4-2-10-25-15/h2,4-8,10,13H,1,3,9,11H2/t13-/m0/s1. The fourth-order valence-corrected chi connectivity index (χ4v) is 3.69. The number of hydrogen-bond acceptors (Lipinski definition) is 5. The molecule has 0 unspecified atom stereocenters. The van der Waals surface area contributed by atoms with Crippen molar-refractivity contribution in [2.75, 3.05) is 13.1 Å². The first-order valence-electron chi connectivity index (χ1n) is 8.13. The number of halogens is 1. The number of nitrogens with zero attached hydrogens (tertiary/aromatic N) is 3. The van der Waals surface area contributed by atoms with Gasteiger partial charge in [0.05, 0.1) is 10.8 Å². The van der Waals surface area contributed by atoms with Crippen LogP contribution in [0.5, 0.6) is 0 Å². The lowest BCUT2D eigenvalue weighted by Gasteiger charge is -2.31. The molecule has 1 fully saturated rings. The summed E-state index contributed by atoms with van der Waals surface area (Å²) in [5.41, 5.74) is 0.492. The Hall–Kier alpha value is -2.54. The summed E-state index contributed by atoms with van der Waals surface area (Å²) in [5, 5.41) is 6.02. The Bertz CT molecular complexity index is 861. The number of likely N-dealkylation sites (tertiary alicyclic amines) is 1. The zero-order valence-corrected chi connectivity index (χ0v) is 14.2. The van der Waals surface area contributed by atoms with Crippen LogP contribution in [0.4, 0.5) is 4.39 Å². The Morgan fingerprint density at radius 1 is 1.28 bits per heavy atom. The monoisotopic (exact) mass is 357 g/mol. The molecule has 0 saturated carbocycles. The summed E-state index contributed by atoms with van der Waals surface area (Å²) in [4.78, 5) is 19.9. The van der Waals surface area contributed by atoms with Gasteiger partial charge in [-0.15, -0.1) is 11.3 Å². The van der Waals surface area contributed by atoms with E-state index in [1.807, 2.05) is 17.5 Å². The van der Waals surface area contributed by atoms with Gasteiger partial charge in [0.15, 0.2) is 0 Å². The average molecular weight is 357 g/mol. The predicted octanol–water partition coefficient (Wildman–Crippen LogP) is 3.96. The van der Waals surface area contributed by atoms with E-state index in [0.717, 1.165) is 17.7 Å². The summed E-state index contributed by atoms with van der Waals surface area (Å²) in [6.07, 6.45) is 1.77. The first-order chi connectivity index (χ1) is 12.2. The lowest BCUT2D eigenvalue weighted by molar-refractivity contribution is 0.0695. The second-order valence-corrected chi connectivity index (χ2v) is 6.98. The highest BCUT2D eigenvalue weighted by Crippen LogP contribution is 2.29. The van der Waals surface area contributed by atoms with Gasteiger partial charge in [-0.3, -0.25) is 4.79 Å². The number of carbonyl (C=O) groups is 1. The molecule has 25 heavy (non-hydrogen) atoms. The van der Waals surface area contributed by atoms with Gasteiger partial charge in [-0.2, -0.15) is 4.98 Å². The molecule has 2 aromatic heterocycles. The Kier molecular flexibility index (Phi) is 4.31. The minimum Gasteiger partial charge on any atom is -0.339 e. The summed E-state index contributed by atoms with van der Waals surface area (Å²) in [6.45, 7) is 1.21. The third-order valence-electron chi connectivity index (χ3n) is 4.33. The van der Waals surface area contributed by atoms with Crippen LogP contribution in [0.15, 0.2) is 46.3 Å². The quantitative estimate of drug-likeness (QED) is 0.712. The molecule has 1 aliphatic heterocycles. The SMILES string of the molecule is O=C(c1ccc(F)cc1)N1CCC[C@H](c2nc(-c3cccs3)no2)C1. The van der Waals surface area contributed by atoms with Crippen LogP contribution in [-0.4, -0.2) is 34.0 Å². The minimum absolute atomic E-state index is 0.0272. The summed E-state index contributed by atoms with van der Waals surface area (Å²) in [6, 6.07) is 9.54. The zero-order valence-electron chi connectivity index (χ0n) is 13.4. The van der Waals surface area contributed by atoms with Gasteiger partial charge < -0.3 is 9.42 Å². The Morgan fingerprint density at radius 3 is 2.88 bits per heavy atom. The molecule has 0 spiro atoms. The van der Waals surface area contributed by atoms with E-state index in [9.17, 15) is 9.18 Å².